The van der Waals surface area contributed by atoms with Gasteiger partial charge in [-0.15, -0.1) is 0 Å². The average molecular weight is 325 g/mol. The Morgan fingerprint density at radius 3 is 2.59 bits per heavy atom. The predicted molar refractivity (Wildman–Crippen MR) is 84.8 cm³/mol. The fourth-order valence-electron chi connectivity index (χ4n) is 2.58. The quantitative estimate of drug-likeness (QED) is 0.924. The lowest BCUT2D eigenvalue weighted by atomic mass is 9.96. The van der Waals surface area contributed by atoms with E-state index in [9.17, 15) is 9.59 Å². The number of ether oxygens (including phenoxy) is 1. The van der Waals surface area contributed by atoms with Gasteiger partial charge >= 0.3 is 0 Å². The van der Waals surface area contributed by atoms with Crippen LogP contribution in [0, 0.1) is 5.92 Å². The summed E-state index contributed by atoms with van der Waals surface area (Å²) in [5.41, 5.74) is 0.858. The fraction of sp³-hybridized carbons (Fsp3) is 0.500. The minimum absolute atomic E-state index is 0.0232. The molecule has 22 heavy (non-hydrogen) atoms. The van der Waals surface area contributed by atoms with Crippen LogP contribution in [0.2, 0.25) is 5.02 Å². The van der Waals surface area contributed by atoms with E-state index >= 15 is 0 Å². The predicted octanol–water partition coefficient (Wildman–Crippen LogP) is 2.22. The largest absolute Gasteiger partial charge is 0.497 e. The Hall–Kier alpha value is -1.75. The Morgan fingerprint density at radius 1 is 1.36 bits per heavy atom. The maximum atomic E-state index is 12.2. The van der Waals surface area contributed by atoms with Crippen molar-refractivity contribution in [3.05, 3.63) is 28.8 Å². The summed E-state index contributed by atoms with van der Waals surface area (Å²) in [7, 11) is 1.58. The molecule has 0 radical (unpaired) electrons. The average Bonchev–Trinajstić information content (AvgIpc) is 2.53. The third-order valence-corrected chi connectivity index (χ3v) is 4.38. The Balaban J connectivity index is 1.84. The first-order chi connectivity index (χ1) is 10.5. The second kappa shape index (κ2) is 7.49. The van der Waals surface area contributed by atoms with Gasteiger partial charge in [0.2, 0.25) is 11.8 Å². The van der Waals surface area contributed by atoms with E-state index in [0.29, 0.717) is 43.2 Å². The molecule has 6 heteroatoms. The highest BCUT2D eigenvalue weighted by Crippen LogP contribution is 2.23. The zero-order valence-electron chi connectivity index (χ0n) is 12.9. The van der Waals surface area contributed by atoms with Crippen molar-refractivity contribution in [1.29, 1.82) is 0 Å². The molecule has 1 aliphatic heterocycles. The number of methoxy groups -OCH3 is 1. The molecule has 120 valence electrons. The standard InChI is InChI=1S/C16H21ClN2O3/c1-11(20)19-7-5-12(6-8-19)16(21)18-10-13-3-4-14(22-2)9-15(13)17/h3-4,9,12H,5-8,10H2,1-2H3,(H,18,21). The van der Waals surface area contributed by atoms with E-state index < -0.39 is 0 Å². The van der Waals surface area contributed by atoms with E-state index in [1.807, 2.05) is 12.1 Å². The van der Waals surface area contributed by atoms with Gasteiger partial charge in [-0.1, -0.05) is 17.7 Å². The number of likely N-dealkylation sites (tertiary alicyclic amines) is 1. The first-order valence-electron chi connectivity index (χ1n) is 7.37. The molecule has 1 heterocycles. The molecule has 1 N–H and O–H groups in total. The van der Waals surface area contributed by atoms with Crippen molar-refractivity contribution in [1.82, 2.24) is 10.2 Å². The summed E-state index contributed by atoms with van der Waals surface area (Å²) in [5.74, 6) is 0.753. The van der Waals surface area contributed by atoms with Crippen molar-refractivity contribution in [3.8, 4) is 5.75 Å². The maximum absolute atomic E-state index is 12.2. The van der Waals surface area contributed by atoms with Crippen LogP contribution < -0.4 is 10.1 Å². The molecule has 0 unspecified atom stereocenters. The van der Waals surface area contributed by atoms with E-state index in [0.717, 1.165) is 5.56 Å². The molecule has 0 bridgehead atoms. The van der Waals surface area contributed by atoms with Crippen molar-refractivity contribution in [2.75, 3.05) is 20.2 Å². The zero-order valence-corrected chi connectivity index (χ0v) is 13.7. The SMILES string of the molecule is COc1ccc(CNC(=O)C2CCN(C(C)=O)CC2)c(Cl)c1. The summed E-state index contributed by atoms with van der Waals surface area (Å²) < 4.78 is 5.10. The Labute approximate surface area is 135 Å². The Kier molecular flexibility index (Phi) is 5.66. The number of rotatable bonds is 4. The number of hydrogen-bond acceptors (Lipinski definition) is 3. The van der Waals surface area contributed by atoms with Crippen LogP contribution in [0.25, 0.3) is 0 Å². The van der Waals surface area contributed by atoms with Gasteiger partial charge in [0.1, 0.15) is 5.75 Å². The Morgan fingerprint density at radius 2 is 2.05 bits per heavy atom. The fourth-order valence-corrected chi connectivity index (χ4v) is 2.82. The summed E-state index contributed by atoms with van der Waals surface area (Å²) in [6.45, 7) is 3.26. The maximum Gasteiger partial charge on any atom is 0.223 e. The van der Waals surface area contributed by atoms with Crippen LogP contribution in [0.1, 0.15) is 25.3 Å². The molecule has 2 amide bonds. The van der Waals surface area contributed by atoms with Crippen LogP contribution in [0.15, 0.2) is 18.2 Å². The van der Waals surface area contributed by atoms with Crippen molar-refractivity contribution in [2.45, 2.75) is 26.3 Å². The number of hydrogen-bond donors (Lipinski definition) is 1. The van der Waals surface area contributed by atoms with E-state index in [2.05, 4.69) is 5.32 Å². The summed E-state index contributed by atoms with van der Waals surface area (Å²) in [6.07, 6.45) is 1.42. The van der Waals surface area contributed by atoms with Gasteiger partial charge in [-0.2, -0.15) is 0 Å². The Bertz CT molecular complexity index is 554. The van der Waals surface area contributed by atoms with Crippen molar-refractivity contribution in [2.24, 2.45) is 5.92 Å². The van der Waals surface area contributed by atoms with Crippen molar-refractivity contribution >= 4 is 23.4 Å². The molecule has 1 aromatic rings. The molecule has 1 saturated heterocycles. The molecule has 5 nitrogen and oxygen atoms in total. The van der Waals surface area contributed by atoms with Gasteiger partial charge in [0.15, 0.2) is 0 Å². The molecule has 0 atom stereocenters. The second-order valence-corrected chi connectivity index (χ2v) is 5.86. The first-order valence-corrected chi connectivity index (χ1v) is 7.74. The molecule has 1 aromatic carbocycles. The van der Waals surface area contributed by atoms with Crippen LogP contribution in [0.4, 0.5) is 0 Å². The van der Waals surface area contributed by atoms with Gasteiger partial charge in [0.25, 0.3) is 0 Å². The molecule has 0 spiro atoms. The monoisotopic (exact) mass is 324 g/mol. The molecular formula is C16H21ClN2O3. The van der Waals surface area contributed by atoms with E-state index in [1.165, 1.54) is 0 Å². The number of carbonyl (C=O) groups excluding carboxylic acids is 2. The van der Waals surface area contributed by atoms with Gasteiger partial charge < -0.3 is 15.0 Å². The van der Waals surface area contributed by atoms with E-state index in [-0.39, 0.29) is 17.7 Å². The van der Waals surface area contributed by atoms with Gasteiger partial charge in [-0.25, -0.2) is 0 Å². The third kappa shape index (κ3) is 4.13. The second-order valence-electron chi connectivity index (χ2n) is 5.46. The lowest BCUT2D eigenvalue weighted by Crippen LogP contribution is -2.42. The summed E-state index contributed by atoms with van der Waals surface area (Å²) >= 11 is 6.16. The highest BCUT2D eigenvalue weighted by molar-refractivity contribution is 6.31. The number of halogens is 1. The molecule has 2 rings (SSSR count). The van der Waals surface area contributed by atoms with Gasteiger partial charge in [0, 0.05) is 37.5 Å². The summed E-state index contributed by atoms with van der Waals surface area (Å²) in [4.78, 5) is 25.3. The van der Waals surface area contributed by atoms with E-state index in [1.54, 1.807) is 25.0 Å². The van der Waals surface area contributed by atoms with Gasteiger partial charge in [-0.3, -0.25) is 9.59 Å². The lowest BCUT2D eigenvalue weighted by Gasteiger charge is -2.30. The summed E-state index contributed by atoms with van der Waals surface area (Å²) in [6, 6.07) is 5.40. The zero-order chi connectivity index (χ0) is 16.1. The highest BCUT2D eigenvalue weighted by atomic mass is 35.5. The van der Waals surface area contributed by atoms with Gasteiger partial charge in [-0.05, 0) is 30.5 Å². The molecule has 0 saturated carbocycles. The van der Waals surface area contributed by atoms with Crippen LogP contribution in [-0.4, -0.2) is 36.9 Å². The van der Waals surface area contributed by atoms with Crippen LogP contribution in [0.3, 0.4) is 0 Å². The smallest absolute Gasteiger partial charge is 0.223 e. The first kappa shape index (κ1) is 16.6. The molecule has 1 aliphatic rings. The molecular weight excluding hydrogens is 304 g/mol. The van der Waals surface area contributed by atoms with Crippen molar-refractivity contribution < 1.29 is 14.3 Å². The number of nitrogens with one attached hydrogen (secondary N) is 1. The summed E-state index contributed by atoms with van der Waals surface area (Å²) in [5, 5.41) is 3.50. The number of carbonyl (C=O) groups is 2. The van der Waals surface area contributed by atoms with Crippen LogP contribution in [-0.2, 0) is 16.1 Å². The number of benzene rings is 1. The minimum Gasteiger partial charge on any atom is -0.497 e. The normalized spacial score (nSPS) is 15.5. The number of piperidine rings is 1. The third-order valence-electron chi connectivity index (χ3n) is 4.02. The highest BCUT2D eigenvalue weighted by Gasteiger charge is 2.25. The molecule has 0 aliphatic carbocycles. The molecule has 1 fully saturated rings. The minimum atomic E-state index is -0.0346. The van der Waals surface area contributed by atoms with Crippen LogP contribution >= 0.6 is 11.6 Å². The lowest BCUT2D eigenvalue weighted by molar-refractivity contribution is -0.134. The van der Waals surface area contributed by atoms with Crippen molar-refractivity contribution in [3.63, 3.8) is 0 Å². The molecule has 0 aromatic heterocycles. The number of amides is 2. The van der Waals surface area contributed by atoms with E-state index in [4.69, 9.17) is 16.3 Å². The van der Waals surface area contributed by atoms with Crippen LogP contribution in [0.5, 0.6) is 5.75 Å². The number of nitrogens with zero attached hydrogens (tertiary/aromatic N) is 1. The van der Waals surface area contributed by atoms with Gasteiger partial charge in [0.05, 0.1) is 7.11 Å². The topological polar surface area (TPSA) is 58.6 Å².